The van der Waals surface area contributed by atoms with Gasteiger partial charge in [0.1, 0.15) is 0 Å². The molecule has 30 heavy (non-hydrogen) atoms. The lowest BCUT2D eigenvalue weighted by Gasteiger charge is -2.00. The van der Waals surface area contributed by atoms with Crippen LogP contribution in [0, 0.1) is 20.2 Å². The molecule has 0 fully saturated rings. The van der Waals surface area contributed by atoms with Gasteiger partial charge in [0.2, 0.25) is 0 Å². The van der Waals surface area contributed by atoms with Crippen LogP contribution in [0.2, 0.25) is 0 Å². The number of amides is 1. The van der Waals surface area contributed by atoms with Gasteiger partial charge in [0.15, 0.2) is 0 Å². The van der Waals surface area contributed by atoms with Crippen molar-refractivity contribution in [1.82, 2.24) is 5.43 Å². The van der Waals surface area contributed by atoms with Crippen molar-refractivity contribution in [3.63, 3.8) is 0 Å². The highest BCUT2D eigenvalue weighted by atomic mass is 16.6. The highest BCUT2D eigenvalue weighted by Crippen LogP contribution is 2.12. The fourth-order valence-electron chi connectivity index (χ4n) is 1.75. The molecule has 14 heteroatoms. The van der Waals surface area contributed by atoms with E-state index in [1.54, 1.807) is 6.92 Å². The standard InChI is InChI=1S/C9H9NO4.C7H7N3O3.H4N2.H2O/c1-2-14-9(11)7-3-5-8(6-4-7)10(12)13;8-9-7(11)5-1-3-6(4-2-5)10(12)13;1-2;/h3-6H,2H2,1H3;1-4H,8H2,(H,9,11);1-2H2;1H2. The van der Waals surface area contributed by atoms with E-state index >= 15 is 0 Å². The van der Waals surface area contributed by atoms with E-state index in [0.29, 0.717) is 5.56 Å². The van der Waals surface area contributed by atoms with E-state index in [-0.39, 0.29) is 29.0 Å². The van der Waals surface area contributed by atoms with Gasteiger partial charge in [0.25, 0.3) is 17.3 Å². The first-order chi connectivity index (χ1) is 13.8. The van der Waals surface area contributed by atoms with Gasteiger partial charge in [0.05, 0.1) is 22.0 Å². The molecule has 0 bridgehead atoms. The van der Waals surface area contributed by atoms with E-state index in [0.717, 1.165) is 0 Å². The largest absolute Gasteiger partial charge is 0.462 e. The average molecular weight is 426 g/mol. The van der Waals surface area contributed by atoms with Crippen LogP contribution < -0.4 is 23.0 Å². The number of rotatable bonds is 5. The molecule has 0 radical (unpaired) electrons. The molecule has 0 unspecified atom stereocenters. The number of benzene rings is 2. The molecule has 14 nitrogen and oxygen atoms in total. The lowest BCUT2D eigenvalue weighted by molar-refractivity contribution is -0.385. The second-order valence-electron chi connectivity index (χ2n) is 4.80. The van der Waals surface area contributed by atoms with Gasteiger partial charge in [-0.2, -0.15) is 0 Å². The van der Waals surface area contributed by atoms with Crippen LogP contribution in [0.25, 0.3) is 0 Å². The zero-order valence-electron chi connectivity index (χ0n) is 15.8. The Morgan fingerprint density at radius 1 is 0.900 bits per heavy atom. The Bertz CT molecular complexity index is 827. The van der Waals surface area contributed by atoms with Crippen molar-refractivity contribution in [2.75, 3.05) is 6.61 Å². The summed E-state index contributed by atoms with van der Waals surface area (Å²) in [5, 5.41) is 20.5. The molecule has 0 atom stereocenters. The number of nitrogens with one attached hydrogen (secondary N) is 1. The molecule has 1 amide bonds. The molecular formula is C16H22N6O8. The second-order valence-corrected chi connectivity index (χ2v) is 4.80. The summed E-state index contributed by atoms with van der Waals surface area (Å²) in [6.07, 6.45) is 0. The summed E-state index contributed by atoms with van der Waals surface area (Å²) in [6, 6.07) is 10.4. The molecule has 164 valence electrons. The van der Waals surface area contributed by atoms with Crippen LogP contribution in [0.5, 0.6) is 0 Å². The summed E-state index contributed by atoms with van der Waals surface area (Å²) in [6.45, 7) is 1.99. The molecule has 2 rings (SSSR count). The van der Waals surface area contributed by atoms with Crippen LogP contribution in [0.4, 0.5) is 11.4 Å². The molecule has 0 heterocycles. The smallest absolute Gasteiger partial charge is 0.338 e. The third-order valence-corrected chi connectivity index (χ3v) is 3.06. The van der Waals surface area contributed by atoms with Gasteiger partial charge in [-0.25, -0.2) is 10.6 Å². The maximum atomic E-state index is 11.1. The number of ether oxygens (including phenoxy) is 1. The number of hydrazine groups is 2. The first-order valence-electron chi connectivity index (χ1n) is 7.80. The summed E-state index contributed by atoms with van der Waals surface area (Å²) in [5.74, 6) is 11.9. The minimum Gasteiger partial charge on any atom is -0.462 e. The Balaban J connectivity index is 0. The zero-order valence-corrected chi connectivity index (χ0v) is 15.8. The van der Waals surface area contributed by atoms with Crippen LogP contribution in [-0.4, -0.2) is 33.8 Å². The van der Waals surface area contributed by atoms with Crippen LogP contribution in [0.1, 0.15) is 27.6 Å². The van der Waals surface area contributed by atoms with Gasteiger partial charge >= 0.3 is 5.97 Å². The van der Waals surface area contributed by atoms with Crippen molar-refractivity contribution in [2.24, 2.45) is 17.5 Å². The molecular weight excluding hydrogens is 404 g/mol. The Hall–Kier alpha value is -3.98. The Morgan fingerprint density at radius 3 is 1.57 bits per heavy atom. The highest BCUT2D eigenvalue weighted by Gasteiger charge is 2.09. The summed E-state index contributed by atoms with van der Waals surface area (Å²) >= 11 is 0. The van der Waals surface area contributed by atoms with Crippen molar-refractivity contribution < 1.29 is 29.6 Å². The predicted octanol–water partition coefficient (Wildman–Crippen LogP) is -0.0361. The van der Waals surface area contributed by atoms with E-state index in [4.69, 9.17) is 10.6 Å². The van der Waals surface area contributed by atoms with E-state index in [9.17, 15) is 29.8 Å². The van der Waals surface area contributed by atoms with Crippen molar-refractivity contribution in [2.45, 2.75) is 6.92 Å². The lowest BCUT2D eigenvalue weighted by Crippen LogP contribution is -2.29. The van der Waals surface area contributed by atoms with Gasteiger partial charge < -0.3 is 10.2 Å². The summed E-state index contributed by atoms with van der Waals surface area (Å²) < 4.78 is 4.72. The number of carbonyl (C=O) groups excluding carboxylic acids is 2. The molecule has 2 aromatic rings. The van der Waals surface area contributed by atoms with Crippen LogP contribution in [0.15, 0.2) is 48.5 Å². The quantitative estimate of drug-likeness (QED) is 0.163. The molecule has 0 aromatic heterocycles. The number of nitro groups is 2. The zero-order chi connectivity index (χ0) is 22.4. The topological polar surface area (TPSA) is 251 Å². The van der Waals surface area contributed by atoms with Crippen molar-refractivity contribution in [3.8, 4) is 0 Å². The van der Waals surface area contributed by atoms with Gasteiger partial charge in [-0.1, -0.05) is 0 Å². The van der Waals surface area contributed by atoms with E-state index < -0.39 is 21.7 Å². The molecule has 0 aliphatic carbocycles. The Kier molecular flexibility index (Phi) is 14.1. The number of esters is 1. The van der Waals surface area contributed by atoms with E-state index in [1.807, 2.05) is 5.43 Å². The molecule has 0 aliphatic rings. The average Bonchev–Trinajstić information content (AvgIpc) is 2.75. The third-order valence-electron chi connectivity index (χ3n) is 3.06. The maximum absolute atomic E-state index is 11.1. The number of non-ortho nitro benzene ring substituents is 2. The number of hydrogen-bond acceptors (Lipinski definition) is 10. The minimum absolute atomic E-state index is 0. The van der Waals surface area contributed by atoms with Gasteiger partial charge in [0, 0.05) is 29.8 Å². The second kappa shape index (κ2) is 15.0. The molecule has 0 saturated heterocycles. The summed E-state index contributed by atoms with van der Waals surface area (Å²) in [7, 11) is 0. The lowest BCUT2D eigenvalue weighted by atomic mass is 10.2. The van der Waals surface area contributed by atoms with Crippen LogP contribution in [-0.2, 0) is 4.74 Å². The Morgan fingerprint density at radius 2 is 1.27 bits per heavy atom. The van der Waals surface area contributed by atoms with E-state index in [2.05, 4.69) is 11.7 Å². The number of nitrogens with zero attached hydrogens (tertiary/aromatic N) is 2. The van der Waals surface area contributed by atoms with E-state index in [1.165, 1.54) is 48.5 Å². The van der Waals surface area contributed by atoms with Crippen molar-refractivity contribution in [1.29, 1.82) is 0 Å². The van der Waals surface area contributed by atoms with Gasteiger partial charge in [-0.3, -0.25) is 42.1 Å². The first kappa shape index (κ1) is 28.2. The minimum atomic E-state index is -0.538. The molecule has 0 aliphatic heterocycles. The van der Waals surface area contributed by atoms with Crippen molar-refractivity contribution in [3.05, 3.63) is 79.9 Å². The third kappa shape index (κ3) is 9.29. The predicted molar refractivity (Wildman–Crippen MR) is 106 cm³/mol. The van der Waals surface area contributed by atoms with Crippen LogP contribution in [0.3, 0.4) is 0 Å². The number of nitrogens with two attached hydrogens (primary N) is 3. The van der Waals surface area contributed by atoms with Gasteiger partial charge in [-0.05, 0) is 31.2 Å². The fraction of sp³-hybridized carbons (Fsp3) is 0.125. The maximum Gasteiger partial charge on any atom is 0.338 e. The Labute approximate surface area is 170 Å². The number of nitrogen functional groups attached to an aromatic ring is 1. The number of nitro benzene ring substituents is 2. The summed E-state index contributed by atoms with van der Waals surface area (Å²) in [5.41, 5.74) is 2.42. The fourth-order valence-corrected chi connectivity index (χ4v) is 1.75. The molecule has 9 N–H and O–H groups in total. The first-order valence-corrected chi connectivity index (χ1v) is 7.80. The normalized spacial score (nSPS) is 8.67. The molecule has 0 saturated carbocycles. The van der Waals surface area contributed by atoms with Gasteiger partial charge in [-0.15, -0.1) is 0 Å². The monoisotopic (exact) mass is 426 g/mol. The van der Waals surface area contributed by atoms with Crippen LogP contribution >= 0.6 is 0 Å². The SMILES string of the molecule is CCOC(=O)c1ccc([N+](=O)[O-])cc1.NN.NNC(=O)c1ccc([N+](=O)[O-])cc1.O. The number of carbonyl (C=O) groups is 2. The molecule has 2 aromatic carbocycles. The van der Waals surface area contributed by atoms with Crippen molar-refractivity contribution >= 4 is 23.3 Å². The highest BCUT2D eigenvalue weighted by molar-refractivity contribution is 5.93. The summed E-state index contributed by atoms with van der Waals surface area (Å²) in [4.78, 5) is 41.5. The number of hydrogen-bond donors (Lipinski definition) is 4. The molecule has 0 spiro atoms.